The van der Waals surface area contributed by atoms with Gasteiger partial charge in [-0.15, -0.1) is 0 Å². The van der Waals surface area contributed by atoms with Crippen LogP contribution in [0.4, 0.5) is 0 Å². The van der Waals surface area contributed by atoms with E-state index in [1.165, 1.54) is 4.90 Å². The number of rotatable bonds is 12. The molecule has 0 aliphatic heterocycles. The maximum Gasteiger partial charge on any atom is 0.303 e. The summed E-state index contributed by atoms with van der Waals surface area (Å²) in [5.74, 6) is 0.0660. The second-order valence-electron chi connectivity index (χ2n) is 7.94. The van der Waals surface area contributed by atoms with Crippen LogP contribution >= 0.6 is 0 Å². The molecule has 3 aromatic rings. The third-order valence-electron chi connectivity index (χ3n) is 5.07. The lowest BCUT2D eigenvalue weighted by atomic mass is 10.1. The van der Waals surface area contributed by atoms with Crippen LogP contribution in [0.3, 0.4) is 0 Å². The molecular formula is C26H30N2O5. The lowest BCUT2D eigenvalue weighted by Gasteiger charge is -2.27. The van der Waals surface area contributed by atoms with Gasteiger partial charge < -0.3 is 19.2 Å². The number of amides is 1. The third-order valence-corrected chi connectivity index (χ3v) is 5.07. The number of hydrogen-bond acceptors (Lipinski definition) is 5. The van der Waals surface area contributed by atoms with Crippen molar-refractivity contribution < 1.29 is 25.2 Å². The summed E-state index contributed by atoms with van der Waals surface area (Å²) >= 11 is 0. The Morgan fingerprint density at radius 2 is 1.94 bits per heavy atom. The molecule has 7 nitrogen and oxygen atoms in total. The van der Waals surface area contributed by atoms with Crippen molar-refractivity contribution >= 4 is 11.9 Å². The number of ether oxygens (including phenoxy) is 1. The molecule has 0 aliphatic rings. The van der Waals surface area contributed by atoms with E-state index in [1.54, 1.807) is 42.8 Å². The van der Waals surface area contributed by atoms with Crippen LogP contribution in [0.2, 0.25) is 0 Å². The molecule has 0 fully saturated rings. The normalized spacial score (nSPS) is 12.3. The molecule has 0 saturated carbocycles. The van der Waals surface area contributed by atoms with Crippen molar-refractivity contribution in [2.45, 2.75) is 52.1 Å². The summed E-state index contributed by atoms with van der Waals surface area (Å²) in [6.45, 7) is 3.15. The summed E-state index contributed by atoms with van der Waals surface area (Å²) in [5.41, 5.74) is 1.60. The second kappa shape index (κ2) is 11.9. The zero-order chi connectivity index (χ0) is 24.5. The number of carbonyl (C=O) groups excluding carboxylic acids is 1. The molecule has 7 heteroatoms. The lowest BCUT2D eigenvalue weighted by molar-refractivity contribution is -0.137. The average Bonchev–Trinajstić information content (AvgIpc) is 3.36. The molecule has 0 saturated heterocycles. The molecule has 0 aliphatic carbocycles. The van der Waals surface area contributed by atoms with Crippen LogP contribution in [0.5, 0.6) is 5.75 Å². The summed E-state index contributed by atoms with van der Waals surface area (Å²) in [4.78, 5) is 29.8. The Hall–Kier alpha value is -3.61. The van der Waals surface area contributed by atoms with Crippen LogP contribution in [0.1, 0.15) is 57.0 Å². The molecule has 1 unspecified atom stereocenters. The van der Waals surface area contributed by atoms with E-state index < -0.39 is 12.5 Å². The topological polar surface area (TPSA) is 92.9 Å². The molecule has 0 bridgehead atoms. The minimum Gasteiger partial charge on any atom is -0.493 e. The number of nitrogens with zero attached hydrogens (tertiary/aromatic N) is 2. The van der Waals surface area contributed by atoms with Gasteiger partial charge in [-0.1, -0.05) is 18.2 Å². The van der Waals surface area contributed by atoms with Crippen LogP contribution in [-0.4, -0.2) is 39.5 Å². The van der Waals surface area contributed by atoms with E-state index >= 15 is 0 Å². The van der Waals surface area contributed by atoms with Crippen LogP contribution in [-0.2, 0) is 11.3 Å². The number of carboxylic acids is 1. The maximum atomic E-state index is 13.3. The van der Waals surface area contributed by atoms with E-state index in [-0.39, 0.29) is 24.1 Å². The van der Waals surface area contributed by atoms with Gasteiger partial charge in [0.1, 0.15) is 17.2 Å². The molecule has 1 aromatic carbocycles. The molecule has 0 radical (unpaired) electrons. The van der Waals surface area contributed by atoms with Gasteiger partial charge in [0.25, 0.3) is 5.91 Å². The van der Waals surface area contributed by atoms with Crippen molar-refractivity contribution in [3.8, 4) is 17.1 Å². The highest BCUT2D eigenvalue weighted by atomic mass is 16.5. The smallest absolute Gasteiger partial charge is 0.303 e. The molecule has 1 atom stereocenters. The van der Waals surface area contributed by atoms with Crippen molar-refractivity contribution in [1.29, 1.82) is 0 Å². The molecule has 1 N–H and O–H groups in total. The molecule has 2 aromatic heterocycles. The van der Waals surface area contributed by atoms with Gasteiger partial charge >= 0.3 is 5.97 Å². The van der Waals surface area contributed by atoms with Crippen molar-refractivity contribution in [3.63, 3.8) is 0 Å². The standard InChI is InChI=1S/C26H30N2O5/c1-19(2)28(26(31)22-14-13-20(17-27-22)23-11-8-16-33-23)18-21-9-5-6-10-24(21)32-15-7-3-4-12-25(29)30/h5-6,8-11,13-14,16-17,19H,3-4,7,12,15,18H2,1-2H3,(H,29,30)/i18D. The van der Waals surface area contributed by atoms with Crippen LogP contribution in [0.15, 0.2) is 65.4 Å². The predicted octanol–water partition coefficient (Wildman–Crippen LogP) is 5.42. The first kappa shape index (κ1) is 22.6. The fourth-order valence-electron chi connectivity index (χ4n) is 3.29. The Labute approximate surface area is 195 Å². The molecule has 0 spiro atoms. The van der Waals surface area contributed by atoms with E-state index in [0.29, 0.717) is 36.5 Å². The lowest BCUT2D eigenvalue weighted by Crippen LogP contribution is -2.37. The van der Waals surface area contributed by atoms with Crippen molar-refractivity contribution in [2.24, 2.45) is 0 Å². The van der Waals surface area contributed by atoms with E-state index in [9.17, 15) is 9.59 Å². The first-order valence-electron chi connectivity index (χ1n) is 11.6. The number of furan rings is 1. The molecule has 3 rings (SSSR count). The van der Waals surface area contributed by atoms with E-state index in [2.05, 4.69) is 4.98 Å². The van der Waals surface area contributed by atoms with Crippen molar-refractivity contribution in [3.05, 3.63) is 72.2 Å². The Bertz CT molecular complexity index is 1070. The highest BCUT2D eigenvalue weighted by Crippen LogP contribution is 2.23. The summed E-state index contributed by atoms with van der Waals surface area (Å²) < 4.78 is 20.2. The fraction of sp³-hybridized carbons (Fsp3) is 0.346. The van der Waals surface area contributed by atoms with Gasteiger partial charge in [0.2, 0.25) is 0 Å². The van der Waals surface area contributed by atoms with Crippen molar-refractivity contribution in [1.82, 2.24) is 9.88 Å². The zero-order valence-electron chi connectivity index (χ0n) is 19.9. The van der Waals surface area contributed by atoms with Gasteiger partial charge in [0.05, 0.1) is 14.2 Å². The van der Waals surface area contributed by atoms with Gasteiger partial charge in [-0.3, -0.25) is 14.6 Å². The Morgan fingerprint density at radius 3 is 2.61 bits per heavy atom. The van der Waals surface area contributed by atoms with Gasteiger partial charge in [-0.05, 0) is 63.4 Å². The highest BCUT2D eigenvalue weighted by molar-refractivity contribution is 5.92. The molecule has 33 heavy (non-hydrogen) atoms. The minimum absolute atomic E-state index is 0.146. The second-order valence-corrected chi connectivity index (χ2v) is 7.94. The maximum absolute atomic E-state index is 13.3. The molecule has 2 heterocycles. The summed E-state index contributed by atoms with van der Waals surface area (Å²) in [5, 5.41) is 8.73. The summed E-state index contributed by atoms with van der Waals surface area (Å²) in [6.07, 6.45) is 5.37. The van der Waals surface area contributed by atoms with Gasteiger partial charge in [-0.25, -0.2) is 0 Å². The van der Waals surface area contributed by atoms with Crippen LogP contribution in [0, 0.1) is 0 Å². The third kappa shape index (κ3) is 6.94. The Morgan fingerprint density at radius 1 is 1.12 bits per heavy atom. The number of carbonyl (C=O) groups is 2. The zero-order valence-corrected chi connectivity index (χ0v) is 18.9. The molecule has 1 amide bonds. The number of carboxylic acid groups (broad SMARTS) is 1. The Balaban J connectivity index is 1.71. The number of pyridine rings is 1. The number of hydrogen-bond donors (Lipinski definition) is 1. The van der Waals surface area contributed by atoms with Gasteiger partial charge in [0.15, 0.2) is 0 Å². The number of benzene rings is 1. The summed E-state index contributed by atoms with van der Waals surface area (Å²) in [6, 6.07) is 14.0. The minimum atomic E-state index is -0.984. The SMILES string of the molecule is [2H]C(c1ccccc1OCCCCCC(=O)O)N(C(=O)c1ccc(-c2ccco2)cn1)C(C)C. The molecule has 174 valence electrons. The quantitative estimate of drug-likeness (QED) is 0.370. The first-order valence-corrected chi connectivity index (χ1v) is 11.1. The fourth-order valence-corrected chi connectivity index (χ4v) is 3.29. The van der Waals surface area contributed by atoms with Crippen LogP contribution < -0.4 is 4.74 Å². The van der Waals surface area contributed by atoms with Gasteiger partial charge in [-0.2, -0.15) is 0 Å². The first-order chi connectivity index (χ1) is 16.4. The summed E-state index contributed by atoms with van der Waals surface area (Å²) in [7, 11) is 0. The van der Waals surface area contributed by atoms with Gasteiger partial charge in [0, 0.05) is 36.3 Å². The number of para-hydroxylation sites is 1. The Kier molecular flexibility index (Phi) is 8.11. The van der Waals surface area contributed by atoms with Crippen LogP contribution in [0.25, 0.3) is 11.3 Å². The largest absolute Gasteiger partial charge is 0.493 e. The number of aromatic nitrogens is 1. The van der Waals surface area contributed by atoms with E-state index in [0.717, 1.165) is 12.0 Å². The monoisotopic (exact) mass is 451 g/mol. The number of unbranched alkanes of at least 4 members (excludes halogenated alkanes) is 2. The molecular weight excluding hydrogens is 420 g/mol. The number of aliphatic carboxylic acids is 1. The van der Waals surface area contributed by atoms with E-state index in [4.69, 9.17) is 15.6 Å². The van der Waals surface area contributed by atoms with E-state index in [1.807, 2.05) is 32.0 Å². The van der Waals surface area contributed by atoms with Crippen molar-refractivity contribution in [2.75, 3.05) is 6.61 Å². The highest BCUT2D eigenvalue weighted by Gasteiger charge is 2.22. The average molecular weight is 452 g/mol. The predicted molar refractivity (Wildman–Crippen MR) is 125 cm³/mol.